The van der Waals surface area contributed by atoms with Crippen LogP contribution in [0, 0.1) is 0 Å². The number of nitrogens with zero attached hydrogens (tertiary/aromatic N) is 1. The van der Waals surface area contributed by atoms with Crippen LogP contribution in [0.3, 0.4) is 0 Å². The Labute approximate surface area is 152 Å². The highest BCUT2D eigenvalue weighted by molar-refractivity contribution is 6.30. The van der Waals surface area contributed by atoms with Crippen LogP contribution in [0.15, 0.2) is 54.6 Å². The van der Waals surface area contributed by atoms with E-state index in [2.05, 4.69) is 5.32 Å². The molecule has 3 rings (SSSR count). The number of likely N-dealkylation sites (tertiary alicyclic amines) is 1. The summed E-state index contributed by atoms with van der Waals surface area (Å²) in [5, 5.41) is 3.77. The van der Waals surface area contributed by atoms with E-state index in [1.807, 2.05) is 54.6 Å². The van der Waals surface area contributed by atoms with Crippen molar-refractivity contribution in [3.05, 3.63) is 70.7 Å². The van der Waals surface area contributed by atoms with E-state index in [4.69, 9.17) is 11.6 Å². The summed E-state index contributed by atoms with van der Waals surface area (Å²) >= 11 is 5.99. The number of nitrogens with one attached hydrogen (secondary N) is 1. The van der Waals surface area contributed by atoms with Crippen LogP contribution in [-0.2, 0) is 9.59 Å². The van der Waals surface area contributed by atoms with Crippen LogP contribution in [-0.4, -0.2) is 29.3 Å². The number of amides is 2. The van der Waals surface area contributed by atoms with Gasteiger partial charge in [-0.25, -0.2) is 0 Å². The Kier molecular flexibility index (Phi) is 5.39. The smallest absolute Gasteiger partial charge is 0.243 e. The summed E-state index contributed by atoms with van der Waals surface area (Å²) in [5.41, 5.74) is 1.95. The molecule has 5 heteroatoms. The molecule has 1 N–H and O–H groups in total. The number of carbonyl (C=O) groups is 2. The second-order valence-electron chi connectivity index (χ2n) is 6.27. The van der Waals surface area contributed by atoms with Crippen LogP contribution in [0.4, 0.5) is 0 Å². The number of carbonyl (C=O) groups excluding carboxylic acids is 2. The Balaban J connectivity index is 1.86. The molecule has 1 aliphatic heterocycles. The lowest BCUT2D eigenvalue weighted by Gasteiger charge is -2.26. The number of hydrogen-bond acceptors (Lipinski definition) is 2. The van der Waals surface area contributed by atoms with Gasteiger partial charge in [0.15, 0.2) is 0 Å². The third-order valence-electron chi connectivity index (χ3n) is 4.58. The Hall–Kier alpha value is -2.33. The summed E-state index contributed by atoms with van der Waals surface area (Å²) in [6.45, 7) is 2.16. The molecular formula is C20H21ClN2O2. The van der Waals surface area contributed by atoms with Gasteiger partial charge in [-0.15, -0.1) is 0 Å². The number of benzene rings is 2. The predicted octanol–water partition coefficient (Wildman–Crippen LogP) is 3.56. The van der Waals surface area contributed by atoms with Crippen molar-refractivity contribution in [2.45, 2.75) is 31.8 Å². The second-order valence-corrected chi connectivity index (χ2v) is 6.71. The molecule has 1 fully saturated rings. The van der Waals surface area contributed by atoms with Crippen molar-refractivity contribution < 1.29 is 9.59 Å². The third kappa shape index (κ3) is 4.02. The van der Waals surface area contributed by atoms with E-state index in [9.17, 15) is 9.59 Å². The first-order valence-electron chi connectivity index (χ1n) is 8.44. The van der Waals surface area contributed by atoms with Crippen LogP contribution < -0.4 is 5.32 Å². The lowest BCUT2D eigenvalue weighted by atomic mass is 9.98. The van der Waals surface area contributed by atoms with Gasteiger partial charge in [0.05, 0.1) is 6.04 Å². The average molecular weight is 357 g/mol. The van der Waals surface area contributed by atoms with Crippen LogP contribution in [0.25, 0.3) is 0 Å². The fourth-order valence-corrected chi connectivity index (χ4v) is 3.44. The molecule has 2 aromatic rings. The highest BCUT2D eigenvalue weighted by Gasteiger charge is 2.33. The fraction of sp³-hybridized carbons (Fsp3) is 0.300. The SMILES string of the molecule is CC(=O)N1CCCC1C(=O)NC(c1ccccc1)c1ccc(Cl)cc1. The lowest BCUT2D eigenvalue weighted by molar-refractivity contribution is -0.137. The van der Waals surface area contributed by atoms with E-state index in [0.29, 0.717) is 18.0 Å². The van der Waals surface area contributed by atoms with Crippen LogP contribution in [0.1, 0.15) is 36.9 Å². The molecule has 2 amide bonds. The summed E-state index contributed by atoms with van der Waals surface area (Å²) in [6.07, 6.45) is 1.56. The molecule has 2 aromatic carbocycles. The molecule has 0 bridgehead atoms. The Morgan fingerprint density at radius 2 is 1.72 bits per heavy atom. The van der Waals surface area contributed by atoms with E-state index in [1.165, 1.54) is 6.92 Å². The zero-order valence-electron chi connectivity index (χ0n) is 14.1. The minimum Gasteiger partial charge on any atom is -0.343 e. The minimum atomic E-state index is -0.393. The first-order valence-corrected chi connectivity index (χ1v) is 8.82. The zero-order valence-corrected chi connectivity index (χ0v) is 14.9. The molecule has 2 atom stereocenters. The fourth-order valence-electron chi connectivity index (χ4n) is 3.31. The second kappa shape index (κ2) is 7.70. The third-order valence-corrected chi connectivity index (χ3v) is 4.83. The van der Waals surface area contributed by atoms with Crippen molar-refractivity contribution in [3.8, 4) is 0 Å². The van der Waals surface area contributed by atoms with Crippen LogP contribution in [0.2, 0.25) is 5.02 Å². The first kappa shape index (κ1) is 17.5. The highest BCUT2D eigenvalue weighted by Crippen LogP contribution is 2.25. The molecule has 1 heterocycles. The van der Waals surface area contributed by atoms with Gasteiger partial charge in [-0.2, -0.15) is 0 Å². The summed E-state index contributed by atoms with van der Waals surface area (Å²) in [7, 11) is 0. The molecule has 130 valence electrons. The summed E-state index contributed by atoms with van der Waals surface area (Å²) in [5.74, 6) is -0.170. The van der Waals surface area contributed by atoms with Gasteiger partial charge in [0.2, 0.25) is 11.8 Å². The maximum atomic E-state index is 12.9. The van der Waals surface area contributed by atoms with E-state index in [-0.39, 0.29) is 17.9 Å². The molecule has 0 saturated carbocycles. The summed E-state index contributed by atoms with van der Waals surface area (Å²) < 4.78 is 0. The molecule has 1 saturated heterocycles. The van der Waals surface area contributed by atoms with Gasteiger partial charge in [0, 0.05) is 18.5 Å². The first-order chi connectivity index (χ1) is 12.1. The van der Waals surface area contributed by atoms with Crippen LogP contribution >= 0.6 is 11.6 Å². The topological polar surface area (TPSA) is 49.4 Å². The standard InChI is InChI=1S/C20H21ClN2O2/c1-14(24)23-13-5-8-18(23)20(25)22-19(15-6-3-2-4-7-15)16-9-11-17(21)12-10-16/h2-4,6-7,9-12,18-19H,5,8,13H2,1H3,(H,22,25). The molecule has 4 nitrogen and oxygen atoms in total. The van der Waals surface area contributed by atoms with Crippen molar-refractivity contribution in [3.63, 3.8) is 0 Å². The van der Waals surface area contributed by atoms with Crippen molar-refractivity contribution in [1.29, 1.82) is 0 Å². The van der Waals surface area contributed by atoms with Gasteiger partial charge in [0.25, 0.3) is 0 Å². The van der Waals surface area contributed by atoms with Gasteiger partial charge >= 0.3 is 0 Å². The molecule has 0 radical (unpaired) electrons. The normalized spacial score (nSPS) is 18.0. The highest BCUT2D eigenvalue weighted by atomic mass is 35.5. The van der Waals surface area contributed by atoms with Crippen molar-refractivity contribution >= 4 is 23.4 Å². The van der Waals surface area contributed by atoms with Crippen LogP contribution in [0.5, 0.6) is 0 Å². The zero-order chi connectivity index (χ0) is 17.8. The summed E-state index contributed by atoms with van der Waals surface area (Å²) in [4.78, 5) is 26.3. The molecule has 1 aliphatic rings. The maximum absolute atomic E-state index is 12.9. The van der Waals surface area contributed by atoms with Gasteiger partial charge in [-0.1, -0.05) is 54.1 Å². The van der Waals surface area contributed by atoms with Gasteiger partial charge in [-0.3, -0.25) is 9.59 Å². The van der Waals surface area contributed by atoms with Crippen molar-refractivity contribution in [2.75, 3.05) is 6.54 Å². The molecule has 25 heavy (non-hydrogen) atoms. The molecule has 0 aromatic heterocycles. The minimum absolute atomic E-state index is 0.0552. The molecule has 0 spiro atoms. The lowest BCUT2D eigenvalue weighted by Crippen LogP contribution is -2.46. The Bertz CT molecular complexity index is 746. The molecular weight excluding hydrogens is 336 g/mol. The van der Waals surface area contributed by atoms with Gasteiger partial charge in [-0.05, 0) is 36.1 Å². The van der Waals surface area contributed by atoms with E-state index in [1.54, 1.807) is 4.90 Å². The van der Waals surface area contributed by atoms with Crippen molar-refractivity contribution in [2.24, 2.45) is 0 Å². The van der Waals surface area contributed by atoms with Crippen molar-refractivity contribution in [1.82, 2.24) is 10.2 Å². The monoisotopic (exact) mass is 356 g/mol. The van der Waals surface area contributed by atoms with E-state index in [0.717, 1.165) is 17.5 Å². The van der Waals surface area contributed by atoms with E-state index >= 15 is 0 Å². The number of halogens is 1. The van der Waals surface area contributed by atoms with Gasteiger partial charge < -0.3 is 10.2 Å². The van der Waals surface area contributed by atoms with E-state index < -0.39 is 6.04 Å². The molecule has 2 unspecified atom stereocenters. The Morgan fingerprint density at radius 3 is 2.36 bits per heavy atom. The average Bonchev–Trinajstić information content (AvgIpc) is 3.11. The quantitative estimate of drug-likeness (QED) is 0.910. The number of rotatable bonds is 4. The Morgan fingerprint density at radius 1 is 1.08 bits per heavy atom. The van der Waals surface area contributed by atoms with Gasteiger partial charge in [0.1, 0.15) is 6.04 Å². The predicted molar refractivity (Wildman–Crippen MR) is 98.3 cm³/mol. The largest absolute Gasteiger partial charge is 0.343 e. The summed E-state index contributed by atoms with van der Waals surface area (Å²) in [6, 6.07) is 16.6. The maximum Gasteiger partial charge on any atom is 0.243 e. The molecule has 0 aliphatic carbocycles. The number of hydrogen-bond donors (Lipinski definition) is 1.